The van der Waals surface area contributed by atoms with E-state index in [0.717, 1.165) is 18.0 Å². The van der Waals surface area contributed by atoms with Gasteiger partial charge in [-0.15, -0.1) is 0 Å². The Kier molecular flexibility index (Phi) is 5.97. The van der Waals surface area contributed by atoms with E-state index < -0.39 is 0 Å². The average Bonchev–Trinajstić information content (AvgIpc) is 2.36. The summed E-state index contributed by atoms with van der Waals surface area (Å²) in [5.74, 6) is 0. The van der Waals surface area contributed by atoms with Crippen LogP contribution in [-0.4, -0.2) is 19.6 Å². The maximum Gasteiger partial charge on any atom is 0.0474 e. The summed E-state index contributed by atoms with van der Waals surface area (Å²) in [7, 11) is 2.12. The van der Waals surface area contributed by atoms with Crippen LogP contribution in [0.1, 0.15) is 45.7 Å². The van der Waals surface area contributed by atoms with E-state index in [1.54, 1.807) is 0 Å². The van der Waals surface area contributed by atoms with Crippen LogP contribution in [0, 0.1) is 0 Å². The van der Waals surface area contributed by atoms with Gasteiger partial charge in [0.05, 0.1) is 0 Å². The summed E-state index contributed by atoms with van der Waals surface area (Å²) in [4.78, 5) is 2.27. The van der Waals surface area contributed by atoms with Gasteiger partial charge in [-0.3, -0.25) is 0 Å². The van der Waals surface area contributed by atoms with Crippen molar-refractivity contribution in [1.82, 2.24) is 5.32 Å². The largest absolute Gasteiger partial charge is 0.372 e. The quantitative estimate of drug-likeness (QED) is 0.830. The molecule has 18 heavy (non-hydrogen) atoms. The minimum absolute atomic E-state index is 0.297. The molecule has 2 unspecified atom stereocenters. The van der Waals surface area contributed by atoms with Gasteiger partial charge < -0.3 is 10.2 Å². The van der Waals surface area contributed by atoms with Gasteiger partial charge in [-0.1, -0.05) is 31.5 Å². The van der Waals surface area contributed by atoms with Crippen molar-refractivity contribution >= 4 is 17.3 Å². The molecule has 0 radical (unpaired) electrons. The van der Waals surface area contributed by atoms with E-state index in [9.17, 15) is 0 Å². The van der Waals surface area contributed by atoms with Gasteiger partial charge in [0.15, 0.2) is 0 Å². The van der Waals surface area contributed by atoms with Crippen LogP contribution in [0.4, 0.5) is 5.69 Å². The van der Waals surface area contributed by atoms with Crippen LogP contribution in [0.25, 0.3) is 0 Å². The van der Waals surface area contributed by atoms with Gasteiger partial charge in [-0.05, 0) is 44.5 Å². The first-order valence-electron chi connectivity index (χ1n) is 6.76. The van der Waals surface area contributed by atoms with Crippen LogP contribution in [0.3, 0.4) is 0 Å². The SMILES string of the molecule is CCNC(C)c1ccc(N(C)C(C)CC)cc1Cl. The molecule has 1 aromatic carbocycles. The Morgan fingerprint density at radius 1 is 1.28 bits per heavy atom. The van der Waals surface area contributed by atoms with E-state index in [1.165, 1.54) is 11.3 Å². The second-order valence-electron chi connectivity index (χ2n) is 4.85. The molecule has 2 nitrogen and oxygen atoms in total. The lowest BCUT2D eigenvalue weighted by atomic mass is 10.1. The Balaban J connectivity index is 2.91. The van der Waals surface area contributed by atoms with E-state index >= 15 is 0 Å². The van der Waals surface area contributed by atoms with Crippen molar-refractivity contribution in [2.75, 3.05) is 18.5 Å². The third-order valence-corrected chi connectivity index (χ3v) is 3.95. The normalized spacial score (nSPS) is 14.3. The van der Waals surface area contributed by atoms with Crippen molar-refractivity contribution in [1.29, 1.82) is 0 Å². The first kappa shape index (κ1) is 15.3. The third kappa shape index (κ3) is 3.63. The smallest absolute Gasteiger partial charge is 0.0474 e. The predicted octanol–water partition coefficient (Wildman–Crippen LogP) is 4.25. The fourth-order valence-electron chi connectivity index (χ4n) is 2.03. The Hall–Kier alpha value is -0.730. The first-order chi connectivity index (χ1) is 8.51. The molecule has 0 heterocycles. The number of halogens is 1. The lowest BCUT2D eigenvalue weighted by Gasteiger charge is -2.27. The Morgan fingerprint density at radius 3 is 2.44 bits per heavy atom. The summed E-state index contributed by atoms with van der Waals surface area (Å²) in [6.45, 7) is 9.62. The molecule has 1 aromatic rings. The predicted molar refractivity (Wildman–Crippen MR) is 81.7 cm³/mol. The molecule has 0 saturated heterocycles. The van der Waals surface area contributed by atoms with Crippen LogP contribution in [-0.2, 0) is 0 Å². The second kappa shape index (κ2) is 7.01. The molecule has 0 fully saturated rings. The number of rotatable bonds is 6. The number of nitrogens with one attached hydrogen (secondary N) is 1. The maximum absolute atomic E-state index is 6.39. The molecule has 102 valence electrons. The summed E-state index contributed by atoms with van der Waals surface area (Å²) in [6, 6.07) is 7.17. The van der Waals surface area contributed by atoms with E-state index in [1.807, 2.05) is 0 Å². The average molecular weight is 269 g/mol. The number of benzene rings is 1. The molecule has 0 aliphatic rings. The molecule has 3 heteroatoms. The van der Waals surface area contributed by atoms with Crippen LogP contribution in [0.5, 0.6) is 0 Å². The molecule has 0 spiro atoms. The van der Waals surface area contributed by atoms with E-state index in [4.69, 9.17) is 11.6 Å². The molecule has 1 rings (SSSR count). The van der Waals surface area contributed by atoms with Gasteiger partial charge in [0.2, 0.25) is 0 Å². The minimum Gasteiger partial charge on any atom is -0.372 e. The minimum atomic E-state index is 0.297. The van der Waals surface area contributed by atoms with Crippen molar-refractivity contribution in [2.45, 2.75) is 46.2 Å². The van der Waals surface area contributed by atoms with Gasteiger partial charge in [0.1, 0.15) is 0 Å². The van der Waals surface area contributed by atoms with Crippen molar-refractivity contribution in [3.63, 3.8) is 0 Å². The summed E-state index contributed by atoms with van der Waals surface area (Å²) < 4.78 is 0. The molecule has 1 N–H and O–H groups in total. The number of hydrogen-bond donors (Lipinski definition) is 1. The molecule has 0 saturated carbocycles. The van der Waals surface area contributed by atoms with E-state index in [0.29, 0.717) is 12.1 Å². The topological polar surface area (TPSA) is 15.3 Å². The lowest BCUT2D eigenvalue weighted by Crippen LogP contribution is -2.28. The first-order valence-corrected chi connectivity index (χ1v) is 7.14. The van der Waals surface area contributed by atoms with Crippen molar-refractivity contribution in [3.05, 3.63) is 28.8 Å². The molecule has 0 aliphatic carbocycles. The van der Waals surface area contributed by atoms with Crippen LogP contribution in [0.15, 0.2) is 18.2 Å². The molecule has 0 aliphatic heterocycles. The van der Waals surface area contributed by atoms with E-state index in [-0.39, 0.29) is 0 Å². The van der Waals surface area contributed by atoms with Gasteiger partial charge in [0.25, 0.3) is 0 Å². The Morgan fingerprint density at radius 2 is 1.94 bits per heavy atom. The van der Waals surface area contributed by atoms with Gasteiger partial charge >= 0.3 is 0 Å². The van der Waals surface area contributed by atoms with Crippen molar-refractivity contribution in [2.24, 2.45) is 0 Å². The highest BCUT2D eigenvalue weighted by molar-refractivity contribution is 6.31. The fourth-order valence-corrected chi connectivity index (χ4v) is 2.37. The van der Waals surface area contributed by atoms with Crippen LogP contribution in [0.2, 0.25) is 5.02 Å². The third-order valence-electron chi connectivity index (χ3n) is 3.62. The summed E-state index contributed by atoms with van der Waals surface area (Å²) >= 11 is 6.39. The molecule has 2 atom stereocenters. The van der Waals surface area contributed by atoms with Crippen LogP contribution >= 0.6 is 11.6 Å². The fraction of sp³-hybridized carbons (Fsp3) is 0.600. The zero-order chi connectivity index (χ0) is 13.7. The van der Waals surface area contributed by atoms with Crippen LogP contribution < -0.4 is 10.2 Å². The standard InChI is InChI=1S/C15H25ClN2/c1-6-11(3)18(5)13-8-9-14(15(16)10-13)12(4)17-7-2/h8-12,17H,6-7H2,1-5H3. The maximum atomic E-state index is 6.39. The number of anilines is 1. The zero-order valence-corrected chi connectivity index (χ0v) is 12.9. The molecule has 0 aromatic heterocycles. The van der Waals surface area contributed by atoms with Gasteiger partial charge in [0, 0.05) is 29.8 Å². The number of hydrogen-bond acceptors (Lipinski definition) is 2. The number of nitrogens with zero attached hydrogens (tertiary/aromatic N) is 1. The van der Waals surface area contributed by atoms with E-state index in [2.05, 4.69) is 63.2 Å². The van der Waals surface area contributed by atoms with Gasteiger partial charge in [-0.2, -0.15) is 0 Å². The van der Waals surface area contributed by atoms with Crippen molar-refractivity contribution in [3.8, 4) is 0 Å². The Bertz CT molecular complexity index is 379. The monoisotopic (exact) mass is 268 g/mol. The summed E-state index contributed by atoms with van der Waals surface area (Å²) in [5.41, 5.74) is 2.35. The summed E-state index contributed by atoms with van der Waals surface area (Å²) in [5, 5.41) is 4.23. The summed E-state index contributed by atoms with van der Waals surface area (Å²) in [6.07, 6.45) is 1.13. The Labute approximate surface area is 116 Å². The molecular formula is C15H25ClN2. The van der Waals surface area contributed by atoms with Gasteiger partial charge in [-0.25, -0.2) is 0 Å². The highest BCUT2D eigenvalue weighted by atomic mass is 35.5. The molecule has 0 amide bonds. The zero-order valence-electron chi connectivity index (χ0n) is 12.1. The second-order valence-corrected chi connectivity index (χ2v) is 5.26. The molecule has 0 bridgehead atoms. The molecular weight excluding hydrogens is 244 g/mol. The highest BCUT2D eigenvalue weighted by Gasteiger charge is 2.12. The van der Waals surface area contributed by atoms with Crippen molar-refractivity contribution < 1.29 is 0 Å². The lowest BCUT2D eigenvalue weighted by molar-refractivity contribution is 0.598. The highest BCUT2D eigenvalue weighted by Crippen LogP contribution is 2.28.